The highest BCUT2D eigenvalue weighted by molar-refractivity contribution is 5.82. The molecule has 0 saturated carbocycles. The Morgan fingerprint density at radius 2 is 2.06 bits per heavy atom. The van der Waals surface area contributed by atoms with Crippen LogP contribution in [-0.4, -0.2) is 28.8 Å². The van der Waals surface area contributed by atoms with Gasteiger partial charge in [0.25, 0.3) is 0 Å². The third-order valence-electron chi connectivity index (χ3n) is 4.00. The Bertz CT molecular complexity index is 447. The average Bonchev–Trinajstić information content (AvgIpc) is 2.89. The summed E-state index contributed by atoms with van der Waals surface area (Å²) >= 11 is 0. The molecule has 1 aromatic rings. The number of fused-ring (bicyclic) bond motifs is 2. The molecule has 2 aliphatic rings. The van der Waals surface area contributed by atoms with Crippen LogP contribution < -0.4 is 5.73 Å². The molecule has 2 heterocycles. The molecule has 2 bridgehead atoms. The molecule has 4 atom stereocenters. The molecule has 0 amide bonds. The van der Waals surface area contributed by atoms with Crippen molar-refractivity contribution in [2.45, 2.75) is 36.5 Å². The average molecular weight is 233 g/mol. The van der Waals surface area contributed by atoms with Crippen LogP contribution in [0, 0.1) is 0 Å². The summed E-state index contributed by atoms with van der Waals surface area (Å²) in [5.74, 6) is -1.20. The van der Waals surface area contributed by atoms with E-state index >= 15 is 0 Å². The van der Waals surface area contributed by atoms with Gasteiger partial charge in [-0.2, -0.15) is 0 Å². The van der Waals surface area contributed by atoms with E-state index in [4.69, 9.17) is 10.5 Å². The molecule has 4 nitrogen and oxygen atoms in total. The van der Waals surface area contributed by atoms with Gasteiger partial charge in [-0.25, -0.2) is 0 Å². The summed E-state index contributed by atoms with van der Waals surface area (Å²) < 4.78 is 5.71. The van der Waals surface area contributed by atoms with Crippen molar-refractivity contribution in [3.05, 3.63) is 35.9 Å². The number of carbonyl (C=O) groups is 1. The third kappa shape index (κ3) is 1.34. The number of benzene rings is 1. The highest BCUT2D eigenvalue weighted by atomic mass is 16.5. The first-order valence-electron chi connectivity index (χ1n) is 5.86. The molecular weight excluding hydrogens is 218 g/mol. The van der Waals surface area contributed by atoms with Gasteiger partial charge in [-0.3, -0.25) is 4.79 Å². The second-order valence-electron chi connectivity index (χ2n) is 4.87. The Morgan fingerprint density at radius 1 is 1.35 bits per heavy atom. The van der Waals surface area contributed by atoms with E-state index in [0.29, 0.717) is 0 Å². The van der Waals surface area contributed by atoms with E-state index < -0.39 is 11.5 Å². The predicted molar refractivity (Wildman–Crippen MR) is 61.6 cm³/mol. The fraction of sp³-hybridized carbons (Fsp3) is 0.462. The molecule has 2 saturated heterocycles. The molecule has 0 spiro atoms. The van der Waals surface area contributed by atoms with Gasteiger partial charge >= 0.3 is 5.97 Å². The Morgan fingerprint density at radius 3 is 2.71 bits per heavy atom. The first kappa shape index (κ1) is 10.7. The molecule has 90 valence electrons. The first-order chi connectivity index (χ1) is 8.14. The maximum atomic E-state index is 11.5. The minimum absolute atomic E-state index is 0.0523. The van der Waals surface area contributed by atoms with Crippen molar-refractivity contribution in [1.82, 2.24) is 0 Å². The second-order valence-corrected chi connectivity index (χ2v) is 4.87. The number of aliphatic carboxylic acids is 1. The molecule has 0 aromatic heterocycles. The van der Waals surface area contributed by atoms with Gasteiger partial charge in [-0.15, -0.1) is 0 Å². The normalized spacial score (nSPS) is 39.5. The summed E-state index contributed by atoms with van der Waals surface area (Å²) in [5, 5.41) is 9.42. The van der Waals surface area contributed by atoms with E-state index in [2.05, 4.69) is 0 Å². The Hall–Kier alpha value is -1.39. The molecule has 1 aromatic carbocycles. The summed E-state index contributed by atoms with van der Waals surface area (Å²) in [4.78, 5) is 11.5. The third-order valence-corrected chi connectivity index (χ3v) is 4.00. The minimum Gasteiger partial charge on any atom is -0.480 e. The van der Waals surface area contributed by atoms with Crippen molar-refractivity contribution in [3.63, 3.8) is 0 Å². The van der Waals surface area contributed by atoms with Gasteiger partial charge in [-0.1, -0.05) is 30.3 Å². The molecule has 0 radical (unpaired) electrons. The quantitative estimate of drug-likeness (QED) is 0.802. The van der Waals surface area contributed by atoms with Crippen molar-refractivity contribution >= 4 is 5.97 Å². The molecule has 2 fully saturated rings. The van der Waals surface area contributed by atoms with E-state index in [1.807, 2.05) is 30.3 Å². The van der Waals surface area contributed by atoms with Gasteiger partial charge in [-0.05, 0) is 18.4 Å². The maximum absolute atomic E-state index is 11.5. The summed E-state index contributed by atoms with van der Waals surface area (Å²) in [7, 11) is 0. The van der Waals surface area contributed by atoms with Crippen LogP contribution in [0.4, 0.5) is 0 Å². The molecule has 3 N–H and O–H groups in total. The largest absolute Gasteiger partial charge is 0.480 e. The lowest BCUT2D eigenvalue weighted by Gasteiger charge is -2.34. The zero-order valence-electron chi connectivity index (χ0n) is 9.37. The van der Waals surface area contributed by atoms with E-state index in [0.717, 1.165) is 18.4 Å². The monoisotopic (exact) mass is 233 g/mol. The van der Waals surface area contributed by atoms with Crippen molar-refractivity contribution < 1.29 is 14.6 Å². The predicted octanol–water partition coefficient (Wildman–Crippen LogP) is 1.11. The molecule has 2 aliphatic heterocycles. The SMILES string of the molecule is NC1(C(=O)O)C2CCC(O2)C1c1ccccc1. The lowest BCUT2D eigenvalue weighted by Crippen LogP contribution is -2.59. The van der Waals surface area contributed by atoms with Crippen molar-refractivity contribution in [3.8, 4) is 0 Å². The van der Waals surface area contributed by atoms with Crippen LogP contribution in [0.25, 0.3) is 0 Å². The topological polar surface area (TPSA) is 72.6 Å². The van der Waals surface area contributed by atoms with Crippen LogP contribution in [-0.2, 0) is 9.53 Å². The van der Waals surface area contributed by atoms with Gasteiger partial charge in [0, 0.05) is 5.92 Å². The van der Waals surface area contributed by atoms with Crippen LogP contribution in [0.15, 0.2) is 30.3 Å². The van der Waals surface area contributed by atoms with E-state index in [-0.39, 0.29) is 18.1 Å². The Balaban J connectivity index is 2.06. The van der Waals surface area contributed by atoms with Crippen LogP contribution in [0.3, 0.4) is 0 Å². The van der Waals surface area contributed by atoms with Gasteiger partial charge < -0.3 is 15.6 Å². The van der Waals surface area contributed by atoms with Gasteiger partial charge in [0.2, 0.25) is 0 Å². The van der Waals surface area contributed by atoms with Gasteiger partial charge in [0.05, 0.1) is 12.2 Å². The van der Waals surface area contributed by atoms with Gasteiger partial charge in [0.15, 0.2) is 0 Å². The van der Waals surface area contributed by atoms with Crippen molar-refractivity contribution in [2.24, 2.45) is 5.73 Å². The number of nitrogens with two attached hydrogens (primary N) is 1. The maximum Gasteiger partial charge on any atom is 0.327 e. The number of carboxylic acids is 1. The lowest BCUT2D eigenvalue weighted by atomic mass is 9.70. The number of hydrogen-bond acceptors (Lipinski definition) is 3. The first-order valence-corrected chi connectivity index (χ1v) is 5.86. The standard InChI is InChI=1S/C13H15NO3/c14-13(12(15)16)10-7-6-9(17-10)11(13)8-4-2-1-3-5-8/h1-5,9-11H,6-7,14H2,(H,15,16). The number of carboxylic acid groups (broad SMARTS) is 1. The minimum atomic E-state index is -1.27. The van der Waals surface area contributed by atoms with Crippen LogP contribution >= 0.6 is 0 Å². The van der Waals surface area contributed by atoms with Crippen LogP contribution in [0.5, 0.6) is 0 Å². The second kappa shape index (κ2) is 3.55. The van der Waals surface area contributed by atoms with E-state index in [9.17, 15) is 9.90 Å². The molecule has 0 aliphatic carbocycles. The molecule has 4 heteroatoms. The molecular formula is C13H15NO3. The smallest absolute Gasteiger partial charge is 0.327 e. The van der Waals surface area contributed by atoms with Crippen LogP contribution in [0.1, 0.15) is 24.3 Å². The Kier molecular flexibility index (Phi) is 2.24. The Labute approximate surface area is 99.4 Å². The highest BCUT2D eigenvalue weighted by Crippen LogP contribution is 2.50. The summed E-state index contributed by atoms with van der Waals surface area (Å²) in [5.41, 5.74) is 5.83. The van der Waals surface area contributed by atoms with Gasteiger partial charge in [0.1, 0.15) is 5.54 Å². The molecule has 17 heavy (non-hydrogen) atoms. The van der Waals surface area contributed by atoms with E-state index in [1.54, 1.807) is 0 Å². The number of hydrogen-bond donors (Lipinski definition) is 2. The number of ether oxygens (including phenoxy) is 1. The van der Waals surface area contributed by atoms with E-state index in [1.165, 1.54) is 0 Å². The fourth-order valence-corrected chi connectivity index (χ4v) is 3.19. The molecule has 3 rings (SSSR count). The highest BCUT2D eigenvalue weighted by Gasteiger charge is 2.62. The summed E-state index contributed by atoms with van der Waals surface area (Å²) in [6.07, 6.45) is 1.24. The van der Waals surface area contributed by atoms with Crippen LogP contribution in [0.2, 0.25) is 0 Å². The fourth-order valence-electron chi connectivity index (χ4n) is 3.19. The molecule has 4 unspecified atom stereocenters. The zero-order chi connectivity index (χ0) is 12.0. The van der Waals surface area contributed by atoms with Crippen molar-refractivity contribution in [1.29, 1.82) is 0 Å². The summed E-state index contributed by atoms with van der Waals surface area (Å²) in [6, 6.07) is 9.59. The zero-order valence-corrected chi connectivity index (χ0v) is 9.37. The summed E-state index contributed by atoms with van der Waals surface area (Å²) in [6.45, 7) is 0. The van der Waals surface area contributed by atoms with Crippen molar-refractivity contribution in [2.75, 3.05) is 0 Å². The lowest BCUT2D eigenvalue weighted by molar-refractivity contribution is -0.145. The number of rotatable bonds is 2.